The molecule has 0 bridgehead atoms. The van der Waals surface area contributed by atoms with Crippen molar-refractivity contribution < 1.29 is 9.90 Å². The monoisotopic (exact) mass is 333 g/mol. The molecule has 0 aliphatic heterocycles. The van der Waals surface area contributed by atoms with Crippen LogP contribution in [0.15, 0.2) is 24.4 Å². The Morgan fingerprint density at radius 3 is 2.87 bits per heavy atom. The number of aliphatic hydroxyl groups is 1. The summed E-state index contributed by atoms with van der Waals surface area (Å²) in [5, 5.41) is 17.0. The molecule has 23 heavy (non-hydrogen) atoms. The van der Waals surface area contributed by atoms with E-state index in [4.69, 9.17) is 16.7 Å². The van der Waals surface area contributed by atoms with Gasteiger partial charge in [-0.25, -0.2) is 4.68 Å². The van der Waals surface area contributed by atoms with Gasteiger partial charge in [-0.15, -0.1) is 0 Å². The van der Waals surface area contributed by atoms with Gasteiger partial charge in [-0.05, 0) is 44.4 Å². The molecule has 1 saturated carbocycles. The molecule has 1 atom stereocenters. The van der Waals surface area contributed by atoms with Crippen molar-refractivity contribution >= 4 is 17.5 Å². The highest BCUT2D eigenvalue weighted by Crippen LogP contribution is 2.42. The fourth-order valence-electron chi connectivity index (χ4n) is 2.55. The summed E-state index contributed by atoms with van der Waals surface area (Å²) in [5.74, 6) is 0.153. The van der Waals surface area contributed by atoms with Gasteiger partial charge in [0, 0.05) is 17.0 Å². The van der Waals surface area contributed by atoms with Gasteiger partial charge in [0.15, 0.2) is 0 Å². The summed E-state index contributed by atoms with van der Waals surface area (Å²) in [7, 11) is 0. The van der Waals surface area contributed by atoms with Crippen LogP contribution in [0.25, 0.3) is 5.69 Å². The van der Waals surface area contributed by atoms with Gasteiger partial charge in [0.2, 0.25) is 0 Å². The Hall–Kier alpha value is -1.85. The second-order valence-electron chi connectivity index (χ2n) is 6.12. The maximum atomic E-state index is 12.4. The zero-order chi connectivity index (χ0) is 16.6. The van der Waals surface area contributed by atoms with Gasteiger partial charge in [-0.3, -0.25) is 4.79 Å². The number of aliphatic hydroxyl groups excluding tert-OH is 1. The first-order valence-electron chi connectivity index (χ1n) is 7.77. The van der Waals surface area contributed by atoms with Gasteiger partial charge in [-0.1, -0.05) is 17.7 Å². The third-order valence-corrected chi connectivity index (χ3v) is 4.47. The average molecular weight is 334 g/mol. The average Bonchev–Trinajstić information content (AvgIpc) is 3.28. The van der Waals surface area contributed by atoms with E-state index in [1.165, 1.54) is 0 Å². The maximum absolute atomic E-state index is 12.4. The summed E-state index contributed by atoms with van der Waals surface area (Å²) in [5.41, 5.74) is 3.36. The number of halogens is 1. The lowest BCUT2D eigenvalue weighted by atomic mass is 10.1. The molecule has 6 heteroatoms. The van der Waals surface area contributed by atoms with Crippen LogP contribution in [-0.4, -0.2) is 33.4 Å². The van der Waals surface area contributed by atoms with Crippen molar-refractivity contribution in [1.29, 1.82) is 0 Å². The molecule has 1 aromatic heterocycles. The van der Waals surface area contributed by atoms with Crippen LogP contribution in [0.2, 0.25) is 5.02 Å². The first-order valence-corrected chi connectivity index (χ1v) is 8.15. The first-order chi connectivity index (χ1) is 11.0. The van der Waals surface area contributed by atoms with E-state index in [9.17, 15) is 4.79 Å². The van der Waals surface area contributed by atoms with E-state index < -0.39 is 0 Å². The zero-order valence-electron chi connectivity index (χ0n) is 13.2. The molecule has 122 valence electrons. The van der Waals surface area contributed by atoms with E-state index in [-0.39, 0.29) is 18.6 Å². The normalized spacial score (nSPS) is 15.5. The summed E-state index contributed by atoms with van der Waals surface area (Å²) in [6.45, 7) is 3.62. The van der Waals surface area contributed by atoms with Crippen molar-refractivity contribution in [3.8, 4) is 5.69 Å². The van der Waals surface area contributed by atoms with Crippen LogP contribution in [0.3, 0.4) is 0 Å². The molecule has 1 heterocycles. The van der Waals surface area contributed by atoms with Crippen molar-refractivity contribution in [1.82, 2.24) is 15.1 Å². The number of benzene rings is 1. The van der Waals surface area contributed by atoms with E-state index in [1.54, 1.807) is 13.1 Å². The minimum atomic E-state index is -0.285. The molecular weight excluding hydrogens is 314 g/mol. The number of aryl methyl sites for hydroxylation is 1. The maximum Gasteiger partial charge on any atom is 0.255 e. The summed E-state index contributed by atoms with van der Waals surface area (Å²) >= 11 is 6.22. The van der Waals surface area contributed by atoms with Crippen LogP contribution in [0.5, 0.6) is 0 Å². The topological polar surface area (TPSA) is 67.2 Å². The minimum Gasteiger partial charge on any atom is -0.394 e. The quantitative estimate of drug-likeness (QED) is 0.884. The molecule has 1 aliphatic rings. The Morgan fingerprint density at radius 1 is 1.52 bits per heavy atom. The van der Waals surface area contributed by atoms with Crippen LogP contribution in [0.4, 0.5) is 0 Å². The van der Waals surface area contributed by atoms with Gasteiger partial charge < -0.3 is 10.4 Å². The number of hydrogen-bond acceptors (Lipinski definition) is 3. The molecule has 2 aromatic rings. The Balaban J connectivity index is 1.99. The molecule has 0 spiro atoms. The highest BCUT2D eigenvalue weighted by Gasteiger charge is 2.33. The largest absolute Gasteiger partial charge is 0.394 e. The summed E-state index contributed by atoms with van der Waals surface area (Å²) < 4.78 is 1.81. The van der Waals surface area contributed by atoms with E-state index in [0.717, 1.165) is 29.8 Å². The molecule has 1 unspecified atom stereocenters. The summed E-state index contributed by atoms with van der Waals surface area (Å²) in [4.78, 5) is 12.4. The first kappa shape index (κ1) is 16.0. The van der Waals surface area contributed by atoms with E-state index in [0.29, 0.717) is 16.5 Å². The number of hydrogen-bond donors (Lipinski definition) is 2. The second-order valence-corrected chi connectivity index (χ2v) is 6.53. The lowest BCUT2D eigenvalue weighted by Crippen LogP contribution is -2.35. The van der Waals surface area contributed by atoms with E-state index in [2.05, 4.69) is 10.4 Å². The van der Waals surface area contributed by atoms with Crippen molar-refractivity contribution in [2.24, 2.45) is 0 Å². The molecule has 1 fully saturated rings. The Labute approximate surface area is 140 Å². The van der Waals surface area contributed by atoms with E-state index in [1.807, 2.05) is 29.8 Å². The Bertz CT molecular complexity index is 737. The van der Waals surface area contributed by atoms with Gasteiger partial charge in [0.25, 0.3) is 5.91 Å². The lowest BCUT2D eigenvalue weighted by Gasteiger charge is -2.12. The number of nitrogens with zero attached hydrogens (tertiary/aromatic N) is 2. The number of amides is 1. The summed E-state index contributed by atoms with van der Waals surface area (Å²) in [6, 6.07) is 5.49. The van der Waals surface area contributed by atoms with Gasteiger partial charge in [0.1, 0.15) is 0 Å². The van der Waals surface area contributed by atoms with Crippen molar-refractivity contribution in [2.75, 3.05) is 6.61 Å². The molecular formula is C17H20ClN3O2. The second kappa shape index (κ2) is 6.34. The molecule has 0 saturated heterocycles. The fraction of sp³-hybridized carbons (Fsp3) is 0.412. The molecule has 0 radical (unpaired) electrons. The lowest BCUT2D eigenvalue weighted by molar-refractivity contribution is 0.0921. The van der Waals surface area contributed by atoms with Crippen LogP contribution < -0.4 is 5.32 Å². The van der Waals surface area contributed by atoms with Crippen molar-refractivity contribution in [2.45, 2.75) is 38.6 Å². The molecule has 3 rings (SSSR count). The fourth-order valence-corrected chi connectivity index (χ4v) is 2.72. The molecule has 5 nitrogen and oxygen atoms in total. The highest BCUT2D eigenvalue weighted by atomic mass is 35.5. The molecule has 1 aliphatic carbocycles. The third-order valence-electron chi connectivity index (χ3n) is 4.07. The predicted molar refractivity (Wildman–Crippen MR) is 89.3 cm³/mol. The smallest absolute Gasteiger partial charge is 0.255 e. The molecule has 2 N–H and O–H groups in total. The third kappa shape index (κ3) is 3.26. The summed E-state index contributed by atoms with van der Waals surface area (Å²) in [6.07, 6.45) is 3.71. The number of aromatic nitrogens is 2. The van der Waals surface area contributed by atoms with Crippen LogP contribution in [0.1, 0.15) is 47.3 Å². The van der Waals surface area contributed by atoms with Crippen LogP contribution >= 0.6 is 11.6 Å². The van der Waals surface area contributed by atoms with Crippen molar-refractivity contribution in [3.63, 3.8) is 0 Å². The van der Waals surface area contributed by atoms with Crippen molar-refractivity contribution in [3.05, 3.63) is 46.2 Å². The minimum absolute atomic E-state index is 0.0911. The van der Waals surface area contributed by atoms with Gasteiger partial charge >= 0.3 is 0 Å². The predicted octanol–water partition coefficient (Wildman–Crippen LogP) is 2.82. The number of nitrogens with one attached hydrogen (secondary N) is 1. The van der Waals surface area contributed by atoms with Crippen LogP contribution in [-0.2, 0) is 0 Å². The number of rotatable bonds is 5. The molecule has 1 aromatic carbocycles. The van der Waals surface area contributed by atoms with Gasteiger partial charge in [0.05, 0.1) is 29.7 Å². The highest BCUT2D eigenvalue weighted by molar-refractivity contribution is 6.31. The SMILES string of the molecule is Cc1ccc(-n2ncc(C(=O)NC(C)CO)c2C2CC2)cc1Cl. The number of carbonyl (C=O) groups is 1. The standard InChI is InChI=1S/C17H20ClN3O2/c1-10-3-6-13(7-15(10)18)21-16(12-4-5-12)14(8-19-21)17(23)20-11(2)9-22/h3,6-8,11-12,22H,4-5,9H2,1-2H3,(H,20,23). The van der Waals surface area contributed by atoms with Crippen LogP contribution in [0, 0.1) is 6.92 Å². The zero-order valence-corrected chi connectivity index (χ0v) is 14.0. The molecule has 1 amide bonds. The van der Waals surface area contributed by atoms with Gasteiger partial charge in [-0.2, -0.15) is 5.10 Å². The Kier molecular flexibility index (Phi) is 4.41. The number of carbonyl (C=O) groups excluding carboxylic acids is 1. The van der Waals surface area contributed by atoms with E-state index >= 15 is 0 Å². The Morgan fingerprint density at radius 2 is 2.26 bits per heavy atom.